The monoisotopic (exact) mass is 263 g/mol. The van der Waals surface area contributed by atoms with Crippen LogP contribution < -0.4 is 10.4 Å². The van der Waals surface area contributed by atoms with E-state index in [9.17, 15) is 4.79 Å². The Morgan fingerprint density at radius 1 is 0.950 bits per heavy atom. The van der Waals surface area contributed by atoms with E-state index in [2.05, 4.69) is 17.0 Å². The van der Waals surface area contributed by atoms with E-state index in [1.807, 2.05) is 60.7 Å². The molecular formula is C16H13N3O. The molecule has 3 rings (SSSR count). The van der Waals surface area contributed by atoms with Crippen LogP contribution in [0.25, 0.3) is 0 Å². The Hall–Kier alpha value is -2.88. The Morgan fingerprint density at radius 2 is 1.55 bits per heavy atom. The summed E-state index contributed by atoms with van der Waals surface area (Å²) >= 11 is 0. The highest BCUT2D eigenvalue weighted by Crippen LogP contribution is 2.21. The highest BCUT2D eigenvalue weighted by molar-refractivity contribution is 6.31. The van der Waals surface area contributed by atoms with E-state index >= 15 is 0 Å². The smallest absolute Gasteiger partial charge is 0.274 e. The molecule has 0 bridgehead atoms. The van der Waals surface area contributed by atoms with E-state index in [-0.39, 0.29) is 5.91 Å². The molecule has 2 aromatic rings. The second-order valence-corrected chi connectivity index (χ2v) is 4.36. The van der Waals surface area contributed by atoms with Crippen molar-refractivity contribution in [1.29, 1.82) is 0 Å². The Balaban J connectivity index is 1.92. The predicted molar refractivity (Wildman–Crippen MR) is 79.7 cm³/mol. The van der Waals surface area contributed by atoms with Crippen LogP contribution in [0.15, 0.2) is 77.8 Å². The van der Waals surface area contributed by atoms with E-state index in [4.69, 9.17) is 0 Å². The van der Waals surface area contributed by atoms with Crippen LogP contribution in [0.1, 0.15) is 0 Å². The van der Waals surface area contributed by atoms with Gasteiger partial charge in [-0.05, 0) is 24.3 Å². The molecule has 0 radical (unpaired) electrons. The molecule has 1 amide bonds. The van der Waals surface area contributed by atoms with Gasteiger partial charge in [-0.15, -0.1) is 0 Å². The third kappa shape index (κ3) is 2.19. The fourth-order valence-electron chi connectivity index (χ4n) is 1.94. The molecule has 0 unspecified atom stereocenters. The van der Waals surface area contributed by atoms with Gasteiger partial charge in [-0.3, -0.25) is 10.2 Å². The first-order valence-corrected chi connectivity index (χ1v) is 6.25. The summed E-state index contributed by atoms with van der Waals surface area (Å²) in [4.78, 5) is 16.6. The maximum Gasteiger partial charge on any atom is 0.280 e. The van der Waals surface area contributed by atoms with E-state index in [1.165, 1.54) is 5.01 Å². The maximum absolute atomic E-state index is 12.2. The molecule has 0 spiro atoms. The largest absolute Gasteiger partial charge is 0.280 e. The van der Waals surface area contributed by atoms with Gasteiger partial charge in [-0.1, -0.05) is 43.0 Å². The lowest BCUT2D eigenvalue weighted by molar-refractivity contribution is -0.114. The first-order valence-electron chi connectivity index (χ1n) is 6.25. The van der Waals surface area contributed by atoms with Crippen molar-refractivity contribution in [3.05, 3.63) is 72.8 Å². The minimum atomic E-state index is -0.189. The number of hydrogen-bond acceptors (Lipinski definition) is 2. The van der Waals surface area contributed by atoms with Gasteiger partial charge in [0.1, 0.15) is 0 Å². The molecule has 4 nitrogen and oxygen atoms in total. The van der Waals surface area contributed by atoms with Gasteiger partial charge < -0.3 is 0 Å². The number of benzene rings is 2. The van der Waals surface area contributed by atoms with Crippen LogP contribution in [-0.2, 0) is 4.79 Å². The molecule has 1 heterocycles. The molecule has 20 heavy (non-hydrogen) atoms. The highest BCUT2D eigenvalue weighted by Gasteiger charge is 2.31. The quantitative estimate of drug-likeness (QED) is 0.847. The van der Waals surface area contributed by atoms with E-state index in [0.717, 1.165) is 11.4 Å². The standard InChI is InChI=1S/C16H13N3O/c1-12-15(17-13-8-4-2-5-9-13)18-19(16(12)20)14-10-6-3-7-11-14/h2-11H,1H2,(H,17,18). The lowest BCUT2D eigenvalue weighted by Crippen LogP contribution is -2.35. The van der Waals surface area contributed by atoms with Crippen LogP contribution in [0.2, 0.25) is 0 Å². The first-order chi connectivity index (χ1) is 9.75. The highest BCUT2D eigenvalue weighted by atomic mass is 16.2. The number of amides is 1. The van der Waals surface area contributed by atoms with Crippen LogP contribution in [0, 0.1) is 0 Å². The molecule has 1 saturated heterocycles. The average Bonchev–Trinajstić information content (AvgIpc) is 2.78. The number of amidine groups is 1. The van der Waals surface area contributed by atoms with E-state index in [0.29, 0.717) is 11.4 Å². The van der Waals surface area contributed by atoms with Gasteiger partial charge in [0, 0.05) is 0 Å². The fourth-order valence-corrected chi connectivity index (χ4v) is 1.94. The molecule has 1 aliphatic heterocycles. The second kappa shape index (κ2) is 5.01. The van der Waals surface area contributed by atoms with Crippen molar-refractivity contribution >= 4 is 23.1 Å². The third-order valence-electron chi connectivity index (χ3n) is 2.98. The molecule has 4 heteroatoms. The van der Waals surface area contributed by atoms with Crippen molar-refractivity contribution in [2.75, 3.05) is 5.01 Å². The number of rotatable bonds is 2. The third-order valence-corrected chi connectivity index (χ3v) is 2.98. The molecule has 98 valence electrons. The summed E-state index contributed by atoms with van der Waals surface area (Å²) in [5.41, 5.74) is 4.89. The summed E-state index contributed by atoms with van der Waals surface area (Å²) in [5, 5.41) is 1.45. The van der Waals surface area contributed by atoms with Crippen molar-refractivity contribution in [2.24, 2.45) is 4.99 Å². The van der Waals surface area contributed by atoms with Gasteiger partial charge in [0.25, 0.3) is 5.91 Å². The fraction of sp³-hybridized carbons (Fsp3) is 0. The molecule has 0 atom stereocenters. The Labute approximate surface area is 117 Å². The van der Waals surface area contributed by atoms with Crippen molar-refractivity contribution < 1.29 is 4.79 Å². The van der Waals surface area contributed by atoms with Crippen molar-refractivity contribution in [2.45, 2.75) is 0 Å². The SMILES string of the molecule is C=C1C(=O)N(c2ccccc2)NC1=Nc1ccccc1. The summed E-state index contributed by atoms with van der Waals surface area (Å²) in [7, 11) is 0. The molecule has 1 fully saturated rings. The molecular weight excluding hydrogens is 250 g/mol. The van der Waals surface area contributed by atoms with Crippen LogP contribution in [0.3, 0.4) is 0 Å². The number of nitrogens with zero attached hydrogens (tertiary/aromatic N) is 2. The normalized spacial score (nSPS) is 16.6. The number of carbonyl (C=O) groups is 1. The summed E-state index contributed by atoms with van der Waals surface area (Å²) in [6.07, 6.45) is 0. The molecule has 1 aliphatic rings. The number of anilines is 1. The number of nitrogens with one attached hydrogen (secondary N) is 1. The molecule has 2 aromatic carbocycles. The van der Waals surface area contributed by atoms with Gasteiger partial charge in [0.15, 0.2) is 5.84 Å². The lowest BCUT2D eigenvalue weighted by atomic mass is 10.2. The molecule has 0 aliphatic carbocycles. The van der Waals surface area contributed by atoms with Gasteiger partial charge in [0.2, 0.25) is 0 Å². The van der Waals surface area contributed by atoms with Crippen molar-refractivity contribution in [3.8, 4) is 0 Å². The zero-order valence-corrected chi connectivity index (χ0v) is 10.8. The predicted octanol–water partition coefficient (Wildman–Crippen LogP) is 2.82. The Morgan fingerprint density at radius 3 is 2.20 bits per heavy atom. The average molecular weight is 263 g/mol. The number of para-hydroxylation sites is 2. The van der Waals surface area contributed by atoms with E-state index < -0.39 is 0 Å². The van der Waals surface area contributed by atoms with E-state index in [1.54, 1.807) is 0 Å². The minimum Gasteiger partial charge on any atom is -0.274 e. The molecule has 0 aromatic heterocycles. The van der Waals surface area contributed by atoms with Crippen LogP contribution in [0.5, 0.6) is 0 Å². The van der Waals surface area contributed by atoms with Crippen molar-refractivity contribution in [1.82, 2.24) is 5.43 Å². The van der Waals surface area contributed by atoms with Gasteiger partial charge >= 0.3 is 0 Å². The molecule has 1 N–H and O–H groups in total. The first kappa shape index (κ1) is 12.2. The number of hydrogen-bond donors (Lipinski definition) is 1. The zero-order chi connectivity index (χ0) is 13.9. The summed E-state index contributed by atoms with van der Waals surface area (Å²) in [6.45, 7) is 3.80. The number of hydrazine groups is 1. The van der Waals surface area contributed by atoms with Crippen LogP contribution in [-0.4, -0.2) is 11.7 Å². The minimum absolute atomic E-state index is 0.189. The number of aliphatic imine (C=N–C) groups is 1. The van der Waals surface area contributed by atoms with Gasteiger partial charge in [-0.25, -0.2) is 10.0 Å². The zero-order valence-electron chi connectivity index (χ0n) is 10.8. The number of carbonyl (C=O) groups excluding carboxylic acids is 1. The summed E-state index contributed by atoms with van der Waals surface area (Å²) in [6, 6.07) is 18.8. The van der Waals surface area contributed by atoms with Crippen LogP contribution >= 0.6 is 0 Å². The lowest BCUT2D eigenvalue weighted by Gasteiger charge is -2.14. The van der Waals surface area contributed by atoms with Gasteiger partial charge in [0.05, 0.1) is 16.9 Å². The summed E-state index contributed by atoms with van der Waals surface area (Å²) in [5.74, 6) is 0.288. The van der Waals surface area contributed by atoms with Crippen LogP contribution in [0.4, 0.5) is 11.4 Å². The summed E-state index contributed by atoms with van der Waals surface area (Å²) < 4.78 is 0. The Bertz CT molecular complexity index is 677. The molecule has 0 saturated carbocycles. The second-order valence-electron chi connectivity index (χ2n) is 4.36. The Kier molecular flexibility index (Phi) is 3.05. The van der Waals surface area contributed by atoms with Gasteiger partial charge in [-0.2, -0.15) is 0 Å². The maximum atomic E-state index is 12.2. The van der Waals surface area contributed by atoms with Crippen molar-refractivity contribution in [3.63, 3.8) is 0 Å². The topological polar surface area (TPSA) is 44.7 Å².